The molecule has 1 saturated carbocycles. The van der Waals surface area contributed by atoms with Gasteiger partial charge in [0.25, 0.3) is 5.56 Å². The maximum atomic E-state index is 14.1. The molecule has 8 nitrogen and oxygen atoms in total. The Balaban J connectivity index is 1.66. The van der Waals surface area contributed by atoms with Crippen molar-refractivity contribution in [2.24, 2.45) is 5.92 Å². The summed E-state index contributed by atoms with van der Waals surface area (Å²) in [7, 11) is -4.41. The van der Waals surface area contributed by atoms with E-state index in [1.165, 1.54) is 16.7 Å². The zero-order valence-electron chi connectivity index (χ0n) is 22.4. The summed E-state index contributed by atoms with van der Waals surface area (Å²) in [6.07, 6.45) is 7.07. The number of rotatable bonds is 9. The van der Waals surface area contributed by atoms with Crippen molar-refractivity contribution in [2.75, 3.05) is 0 Å². The van der Waals surface area contributed by atoms with Gasteiger partial charge in [0, 0.05) is 18.8 Å². The number of nitriles is 1. The van der Waals surface area contributed by atoms with Crippen LogP contribution in [0.5, 0.6) is 5.88 Å². The molecule has 0 aliphatic heterocycles. The van der Waals surface area contributed by atoms with Gasteiger partial charge in [-0.05, 0) is 84.7 Å². The quantitative estimate of drug-likeness (QED) is 0.295. The number of pyridine rings is 1. The zero-order valence-corrected chi connectivity index (χ0v) is 23.2. The lowest BCUT2D eigenvalue weighted by molar-refractivity contribution is 0.399. The number of aryl methyl sites for hydroxylation is 2. The molecule has 1 fully saturated rings. The highest BCUT2D eigenvalue weighted by Crippen LogP contribution is 2.44. The van der Waals surface area contributed by atoms with Crippen molar-refractivity contribution in [3.8, 4) is 23.1 Å². The topological polar surface area (TPSA) is 126 Å². The van der Waals surface area contributed by atoms with E-state index in [1.807, 2.05) is 26.0 Å². The van der Waals surface area contributed by atoms with Crippen LogP contribution >= 0.6 is 0 Å². The molecule has 0 radical (unpaired) electrons. The predicted molar refractivity (Wildman–Crippen MR) is 151 cm³/mol. The largest absolute Gasteiger partial charge is 0.492 e. The fourth-order valence-electron chi connectivity index (χ4n) is 5.15. The first-order valence-electron chi connectivity index (χ1n) is 13.4. The summed E-state index contributed by atoms with van der Waals surface area (Å²) in [5.41, 5.74) is 3.06. The monoisotopic (exact) mass is 554 g/mol. The normalized spacial score (nSPS) is 14.0. The molecule has 2 heterocycles. The zero-order chi connectivity index (χ0) is 28.4. The molecule has 1 atom stereocenters. The summed E-state index contributed by atoms with van der Waals surface area (Å²) < 4.78 is 29.1. The van der Waals surface area contributed by atoms with Crippen LogP contribution in [-0.4, -0.2) is 28.1 Å². The number of benzene rings is 2. The number of hydrogen-bond acceptors (Lipinski definition) is 7. The number of hydrogen-bond donors (Lipinski definition) is 1. The van der Waals surface area contributed by atoms with E-state index in [9.17, 15) is 23.6 Å². The third-order valence-electron chi connectivity index (χ3n) is 7.35. The van der Waals surface area contributed by atoms with Crippen LogP contribution in [0.3, 0.4) is 0 Å². The van der Waals surface area contributed by atoms with E-state index in [1.54, 1.807) is 42.7 Å². The van der Waals surface area contributed by atoms with E-state index in [0.717, 1.165) is 41.5 Å². The standard InChI is InChI=1S/C31H30N4O4S/c1-3-4-8-27-34-30(36)29(31(37)35(27)28(23-9-10-23)24-7-5-6-21(17-24)18-32)40(38,39)25-13-11-22(12-14-25)26-15-16-33-19-20(26)2/h5-7,11-17,19,23,28,36H,3-4,8-10H2,1-2H3/t28-/m0/s1. The number of aromatic hydroxyl groups is 1. The molecule has 0 saturated heterocycles. The molecule has 2 aromatic heterocycles. The van der Waals surface area contributed by atoms with E-state index in [0.29, 0.717) is 24.2 Å². The summed E-state index contributed by atoms with van der Waals surface area (Å²) in [5, 5.41) is 20.4. The first-order valence-corrected chi connectivity index (χ1v) is 14.8. The van der Waals surface area contributed by atoms with Crippen LogP contribution in [0.15, 0.2) is 81.6 Å². The maximum absolute atomic E-state index is 14.1. The third-order valence-corrected chi connectivity index (χ3v) is 9.14. The van der Waals surface area contributed by atoms with Crippen molar-refractivity contribution in [1.29, 1.82) is 5.26 Å². The molecular weight excluding hydrogens is 524 g/mol. The van der Waals surface area contributed by atoms with Gasteiger partial charge in [-0.3, -0.25) is 14.3 Å². The summed E-state index contributed by atoms with van der Waals surface area (Å²) >= 11 is 0. The van der Waals surface area contributed by atoms with Crippen LogP contribution < -0.4 is 5.56 Å². The van der Waals surface area contributed by atoms with Gasteiger partial charge in [0.15, 0.2) is 4.90 Å². The first kappa shape index (κ1) is 27.3. The second kappa shape index (κ2) is 11.1. The van der Waals surface area contributed by atoms with E-state index in [4.69, 9.17) is 0 Å². The number of nitrogens with zero attached hydrogens (tertiary/aromatic N) is 4. The third kappa shape index (κ3) is 5.15. The predicted octanol–water partition coefficient (Wildman–Crippen LogP) is 5.37. The van der Waals surface area contributed by atoms with Gasteiger partial charge in [0.2, 0.25) is 15.7 Å². The molecule has 4 aromatic rings. The Kier molecular flexibility index (Phi) is 7.55. The highest BCUT2D eigenvalue weighted by molar-refractivity contribution is 7.91. The van der Waals surface area contributed by atoms with E-state index in [-0.39, 0.29) is 10.8 Å². The van der Waals surface area contributed by atoms with Crippen LogP contribution in [0.25, 0.3) is 11.1 Å². The van der Waals surface area contributed by atoms with Gasteiger partial charge in [-0.15, -0.1) is 0 Å². The van der Waals surface area contributed by atoms with Crippen LogP contribution in [0.1, 0.15) is 61.2 Å². The van der Waals surface area contributed by atoms with Gasteiger partial charge in [-0.2, -0.15) is 10.2 Å². The lowest BCUT2D eigenvalue weighted by Crippen LogP contribution is -2.34. The van der Waals surface area contributed by atoms with Gasteiger partial charge in [0.05, 0.1) is 22.6 Å². The average molecular weight is 555 g/mol. The summed E-state index contributed by atoms with van der Waals surface area (Å²) in [6.45, 7) is 3.93. The Morgan fingerprint density at radius 3 is 2.55 bits per heavy atom. The molecule has 1 N–H and O–H groups in total. The Labute approximate surface area is 233 Å². The minimum Gasteiger partial charge on any atom is -0.492 e. The van der Waals surface area contributed by atoms with Gasteiger partial charge in [-0.25, -0.2) is 8.42 Å². The van der Waals surface area contributed by atoms with Gasteiger partial charge in [-0.1, -0.05) is 37.6 Å². The summed E-state index contributed by atoms with van der Waals surface area (Å²) in [5.74, 6) is -0.357. The molecule has 0 unspecified atom stereocenters. The lowest BCUT2D eigenvalue weighted by atomic mass is 9.99. The molecule has 5 rings (SSSR count). The molecule has 1 aliphatic rings. The molecule has 0 bridgehead atoms. The van der Waals surface area contributed by atoms with Crippen molar-refractivity contribution in [3.63, 3.8) is 0 Å². The number of unbranched alkanes of at least 4 members (excludes halogenated alkanes) is 1. The summed E-state index contributed by atoms with van der Waals surface area (Å²) in [6, 6.07) is 16.8. The fourth-order valence-corrected chi connectivity index (χ4v) is 6.49. The Morgan fingerprint density at radius 2 is 1.90 bits per heavy atom. The lowest BCUT2D eigenvalue weighted by Gasteiger charge is -2.24. The highest BCUT2D eigenvalue weighted by atomic mass is 32.2. The minimum atomic E-state index is -4.41. The molecular formula is C31H30N4O4S. The summed E-state index contributed by atoms with van der Waals surface area (Å²) in [4.78, 5) is 21.7. The van der Waals surface area contributed by atoms with E-state index < -0.39 is 32.2 Å². The van der Waals surface area contributed by atoms with Crippen LogP contribution in [0, 0.1) is 24.2 Å². The first-order chi connectivity index (χ1) is 19.3. The van der Waals surface area contributed by atoms with Crippen LogP contribution in [0.4, 0.5) is 0 Å². The molecule has 0 spiro atoms. The molecule has 1 aliphatic carbocycles. The highest BCUT2D eigenvalue weighted by Gasteiger charge is 2.38. The van der Waals surface area contributed by atoms with Crippen molar-refractivity contribution in [2.45, 2.75) is 61.8 Å². The van der Waals surface area contributed by atoms with Gasteiger partial charge in [0.1, 0.15) is 5.82 Å². The second-order valence-electron chi connectivity index (χ2n) is 10.2. The van der Waals surface area contributed by atoms with Crippen LogP contribution in [0.2, 0.25) is 0 Å². The molecule has 2 aromatic carbocycles. The molecule has 40 heavy (non-hydrogen) atoms. The molecule has 0 amide bonds. The molecule has 9 heteroatoms. The van der Waals surface area contributed by atoms with Crippen LogP contribution in [-0.2, 0) is 16.3 Å². The van der Waals surface area contributed by atoms with Crippen molar-refractivity contribution in [1.82, 2.24) is 14.5 Å². The second-order valence-corrected chi connectivity index (χ2v) is 12.1. The smallest absolute Gasteiger partial charge is 0.277 e. The maximum Gasteiger partial charge on any atom is 0.277 e. The average Bonchev–Trinajstić information content (AvgIpc) is 3.79. The van der Waals surface area contributed by atoms with Crippen molar-refractivity contribution < 1.29 is 13.5 Å². The Bertz CT molecular complexity index is 1770. The number of aromatic nitrogens is 3. The van der Waals surface area contributed by atoms with Gasteiger partial charge < -0.3 is 5.11 Å². The van der Waals surface area contributed by atoms with Crippen molar-refractivity contribution in [3.05, 3.63) is 99.9 Å². The molecule has 204 valence electrons. The Morgan fingerprint density at radius 1 is 1.15 bits per heavy atom. The van der Waals surface area contributed by atoms with E-state index in [2.05, 4.69) is 16.0 Å². The van der Waals surface area contributed by atoms with E-state index >= 15 is 0 Å². The fraction of sp³-hybridized carbons (Fsp3) is 0.290. The van der Waals surface area contributed by atoms with Crippen molar-refractivity contribution >= 4 is 9.84 Å². The Hall–Kier alpha value is -4.29. The SMILES string of the molecule is CCCCc1nc(O)c(S(=O)(=O)c2ccc(-c3ccncc3C)cc2)c(=O)n1[C@H](c1cccc(C#N)c1)C1CC1. The number of sulfone groups is 1. The van der Waals surface area contributed by atoms with Gasteiger partial charge >= 0.3 is 0 Å². The minimum absolute atomic E-state index is 0.0943.